The molecular formula is C16H22O2. The number of allylic oxidation sites excluding steroid dienone is 1. The predicted molar refractivity (Wildman–Crippen MR) is 74.1 cm³/mol. The third kappa shape index (κ3) is 6.89. The van der Waals surface area contributed by atoms with Gasteiger partial charge in [0.05, 0.1) is 6.42 Å². The fraction of sp³-hybridized carbons (Fsp3) is 0.438. The molecule has 0 atom stereocenters. The molecule has 0 bridgehead atoms. The van der Waals surface area contributed by atoms with E-state index in [-0.39, 0.29) is 5.97 Å². The average Bonchev–Trinajstić information content (AvgIpc) is 2.41. The maximum atomic E-state index is 11.4. The minimum atomic E-state index is -0.161. The molecule has 1 rings (SSSR count). The third-order valence-corrected chi connectivity index (χ3v) is 2.67. The van der Waals surface area contributed by atoms with Crippen LogP contribution >= 0.6 is 0 Å². The number of hydrogen-bond acceptors (Lipinski definition) is 2. The molecule has 0 heterocycles. The Labute approximate surface area is 110 Å². The first kappa shape index (κ1) is 14.5. The highest BCUT2D eigenvalue weighted by Gasteiger charge is 1.99. The van der Waals surface area contributed by atoms with Gasteiger partial charge < -0.3 is 4.74 Å². The van der Waals surface area contributed by atoms with Crippen LogP contribution in [-0.2, 0) is 16.1 Å². The van der Waals surface area contributed by atoms with Gasteiger partial charge in [-0.3, -0.25) is 4.79 Å². The number of ether oxygens (including phenoxy) is 1. The second-order valence-electron chi connectivity index (χ2n) is 4.32. The van der Waals surface area contributed by atoms with Crippen molar-refractivity contribution in [1.29, 1.82) is 0 Å². The highest BCUT2D eigenvalue weighted by Crippen LogP contribution is 2.03. The number of carbonyl (C=O) groups is 1. The monoisotopic (exact) mass is 246 g/mol. The van der Waals surface area contributed by atoms with Crippen LogP contribution in [0.2, 0.25) is 0 Å². The summed E-state index contributed by atoms with van der Waals surface area (Å²) in [5.74, 6) is -0.161. The Kier molecular flexibility index (Phi) is 7.61. The molecule has 18 heavy (non-hydrogen) atoms. The van der Waals surface area contributed by atoms with E-state index in [1.807, 2.05) is 36.4 Å². The molecule has 0 amide bonds. The molecular weight excluding hydrogens is 224 g/mol. The van der Waals surface area contributed by atoms with Crippen molar-refractivity contribution in [3.8, 4) is 0 Å². The highest BCUT2D eigenvalue weighted by atomic mass is 16.5. The molecule has 0 aromatic heterocycles. The Morgan fingerprint density at radius 2 is 1.94 bits per heavy atom. The minimum Gasteiger partial charge on any atom is -0.461 e. The smallest absolute Gasteiger partial charge is 0.309 e. The molecule has 0 radical (unpaired) electrons. The zero-order valence-electron chi connectivity index (χ0n) is 11.1. The van der Waals surface area contributed by atoms with Crippen LogP contribution in [0.15, 0.2) is 42.5 Å². The zero-order valence-corrected chi connectivity index (χ0v) is 11.1. The molecule has 0 N–H and O–H groups in total. The standard InChI is InChI=1S/C16H22O2/c1-2-3-4-5-6-10-13-16(17)18-14-15-11-8-7-9-12-15/h6-12H,2-5,13-14H2,1H3. The molecule has 0 fully saturated rings. The van der Waals surface area contributed by atoms with Crippen LogP contribution in [0.3, 0.4) is 0 Å². The first-order valence-electron chi connectivity index (χ1n) is 6.67. The van der Waals surface area contributed by atoms with E-state index in [4.69, 9.17) is 4.74 Å². The van der Waals surface area contributed by atoms with Gasteiger partial charge >= 0.3 is 5.97 Å². The lowest BCUT2D eigenvalue weighted by Crippen LogP contribution is -2.02. The molecule has 2 nitrogen and oxygen atoms in total. The molecule has 2 heteroatoms. The second-order valence-corrected chi connectivity index (χ2v) is 4.32. The predicted octanol–water partition coefficient (Wildman–Crippen LogP) is 4.26. The van der Waals surface area contributed by atoms with Crippen LogP contribution in [-0.4, -0.2) is 5.97 Å². The van der Waals surface area contributed by atoms with Crippen LogP contribution < -0.4 is 0 Å². The van der Waals surface area contributed by atoms with Gasteiger partial charge in [0.25, 0.3) is 0 Å². The summed E-state index contributed by atoms with van der Waals surface area (Å²) in [6.45, 7) is 2.55. The summed E-state index contributed by atoms with van der Waals surface area (Å²) in [6.07, 6.45) is 9.09. The Balaban J connectivity index is 2.10. The first-order valence-corrected chi connectivity index (χ1v) is 6.67. The molecule has 98 valence electrons. The number of unbranched alkanes of at least 4 members (excludes halogenated alkanes) is 3. The van der Waals surface area contributed by atoms with E-state index in [1.54, 1.807) is 0 Å². The van der Waals surface area contributed by atoms with Gasteiger partial charge in [-0.1, -0.05) is 62.2 Å². The van der Waals surface area contributed by atoms with Crippen molar-refractivity contribution in [2.24, 2.45) is 0 Å². The summed E-state index contributed by atoms with van der Waals surface area (Å²) in [5, 5.41) is 0. The van der Waals surface area contributed by atoms with Crippen LogP contribution in [0.4, 0.5) is 0 Å². The number of carbonyl (C=O) groups excluding carboxylic acids is 1. The lowest BCUT2D eigenvalue weighted by molar-refractivity contribution is -0.143. The van der Waals surface area contributed by atoms with Crippen molar-refractivity contribution in [3.05, 3.63) is 48.0 Å². The first-order chi connectivity index (χ1) is 8.83. The van der Waals surface area contributed by atoms with Gasteiger partial charge in [0.2, 0.25) is 0 Å². The van der Waals surface area contributed by atoms with Crippen LogP contribution in [0, 0.1) is 0 Å². The third-order valence-electron chi connectivity index (χ3n) is 2.67. The van der Waals surface area contributed by atoms with Crippen molar-refractivity contribution >= 4 is 5.97 Å². The molecule has 0 aliphatic rings. The number of hydrogen-bond donors (Lipinski definition) is 0. The zero-order chi connectivity index (χ0) is 13.1. The largest absolute Gasteiger partial charge is 0.461 e. The fourth-order valence-corrected chi connectivity index (χ4v) is 1.61. The maximum Gasteiger partial charge on any atom is 0.309 e. The van der Waals surface area contributed by atoms with E-state index < -0.39 is 0 Å². The molecule has 0 spiro atoms. The van der Waals surface area contributed by atoms with Crippen LogP contribution in [0.25, 0.3) is 0 Å². The summed E-state index contributed by atoms with van der Waals surface area (Å²) < 4.78 is 5.17. The van der Waals surface area contributed by atoms with E-state index in [9.17, 15) is 4.79 Å². The quantitative estimate of drug-likeness (QED) is 0.389. The van der Waals surface area contributed by atoms with Gasteiger partial charge in [0.15, 0.2) is 0 Å². The average molecular weight is 246 g/mol. The molecule has 1 aromatic carbocycles. The summed E-state index contributed by atoms with van der Waals surface area (Å²) in [4.78, 5) is 11.4. The van der Waals surface area contributed by atoms with Crippen LogP contribution in [0.5, 0.6) is 0 Å². The molecule has 1 aromatic rings. The maximum absolute atomic E-state index is 11.4. The van der Waals surface area contributed by atoms with Gasteiger partial charge in [0.1, 0.15) is 6.61 Å². The summed E-state index contributed by atoms with van der Waals surface area (Å²) in [5.41, 5.74) is 1.03. The topological polar surface area (TPSA) is 26.3 Å². The Morgan fingerprint density at radius 3 is 2.67 bits per heavy atom. The van der Waals surface area contributed by atoms with Crippen molar-refractivity contribution in [2.45, 2.75) is 45.6 Å². The van der Waals surface area contributed by atoms with Crippen molar-refractivity contribution in [2.75, 3.05) is 0 Å². The summed E-state index contributed by atoms with van der Waals surface area (Å²) in [7, 11) is 0. The number of rotatable bonds is 8. The van der Waals surface area contributed by atoms with Crippen molar-refractivity contribution < 1.29 is 9.53 Å². The minimum absolute atomic E-state index is 0.161. The molecule has 0 unspecified atom stereocenters. The second kappa shape index (κ2) is 9.46. The molecule has 0 saturated heterocycles. The summed E-state index contributed by atoms with van der Waals surface area (Å²) >= 11 is 0. The van der Waals surface area contributed by atoms with Crippen molar-refractivity contribution in [3.63, 3.8) is 0 Å². The Bertz CT molecular complexity index is 355. The van der Waals surface area contributed by atoms with E-state index in [0.717, 1.165) is 12.0 Å². The van der Waals surface area contributed by atoms with Gasteiger partial charge in [-0.15, -0.1) is 0 Å². The van der Waals surface area contributed by atoms with Crippen LogP contribution in [0.1, 0.15) is 44.6 Å². The Hall–Kier alpha value is -1.57. The Morgan fingerprint density at radius 1 is 1.17 bits per heavy atom. The normalized spacial score (nSPS) is 10.7. The van der Waals surface area contributed by atoms with Gasteiger partial charge in [0, 0.05) is 0 Å². The van der Waals surface area contributed by atoms with Gasteiger partial charge in [-0.2, -0.15) is 0 Å². The SMILES string of the molecule is CCCCCC=CCC(=O)OCc1ccccc1. The van der Waals surface area contributed by atoms with E-state index in [2.05, 4.69) is 13.0 Å². The van der Waals surface area contributed by atoms with E-state index in [1.165, 1.54) is 19.3 Å². The van der Waals surface area contributed by atoms with E-state index >= 15 is 0 Å². The number of esters is 1. The van der Waals surface area contributed by atoms with E-state index in [0.29, 0.717) is 13.0 Å². The van der Waals surface area contributed by atoms with Gasteiger partial charge in [-0.05, 0) is 18.4 Å². The highest BCUT2D eigenvalue weighted by molar-refractivity contribution is 5.71. The lowest BCUT2D eigenvalue weighted by atomic mass is 10.2. The lowest BCUT2D eigenvalue weighted by Gasteiger charge is -2.02. The molecule has 0 aliphatic heterocycles. The number of benzene rings is 1. The fourth-order valence-electron chi connectivity index (χ4n) is 1.61. The summed E-state index contributed by atoms with van der Waals surface area (Å²) in [6, 6.07) is 9.74. The molecule has 0 saturated carbocycles. The van der Waals surface area contributed by atoms with Gasteiger partial charge in [-0.25, -0.2) is 0 Å². The van der Waals surface area contributed by atoms with Crippen molar-refractivity contribution in [1.82, 2.24) is 0 Å². The molecule has 0 aliphatic carbocycles.